The molecule has 5 heteroatoms. The third kappa shape index (κ3) is 4.71. The Hall–Kier alpha value is -2.16. The van der Waals surface area contributed by atoms with Gasteiger partial charge in [0.25, 0.3) is 0 Å². The van der Waals surface area contributed by atoms with Crippen LogP contribution in [0.25, 0.3) is 0 Å². The lowest BCUT2D eigenvalue weighted by Crippen LogP contribution is -2.30. The molecule has 1 unspecified atom stereocenters. The highest BCUT2D eigenvalue weighted by Gasteiger charge is 2.18. The summed E-state index contributed by atoms with van der Waals surface area (Å²) in [4.78, 5) is 0. The van der Waals surface area contributed by atoms with E-state index >= 15 is 0 Å². The first-order chi connectivity index (χ1) is 10.1. The van der Waals surface area contributed by atoms with E-state index in [-0.39, 0.29) is 5.75 Å². The Morgan fingerprint density at radius 3 is 2.14 bits per heavy atom. The average molecular weight is 300 g/mol. The maximum Gasteiger partial charge on any atom is 0.213 e. The summed E-state index contributed by atoms with van der Waals surface area (Å²) in [5.41, 5.74) is 1.60. The summed E-state index contributed by atoms with van der Waals surface area (Å²) in [5, 5.41) is 9.15. The molecule has 0 radical (unpaired) electrons. The lowest BCUT2D eigenvalue weighted by Gasteiger charge is -2.12. The molecule has 0 heterocycles. The fourth-order valence-electron chi connectivity index (χ4n) is 1.95. The van der Waals surface area contributed by atoms with Crippen molar-refractivity contribution >= 4 is 10.0 Å². The van der Waals surface area contributed by atoms with Crippen LogP contribution in [-0.4, -0.2) is 14.2 Å². The van der Waals surface area contributed by atoms with Gasteiger partial charge in [0.1, 0.15) is 6.04 Å². The Labute approximate surface area is 125 Å². The minimum Gasteiger partial charge on any atom is -0.212 e. The SMILES string of the molecule is N#CC(NS(=O)(=O)CCc1ccccc1)c1ccccc1. The summed E-state index contributed by atoms with van der Waals surface area (Å²) in [7, 11) is -3.51. The van der Waals surface area contributed by atoms with Crippen LogP contribution >= 0.6 is 0 Å². The maximum atomic E-state index is 12.1. The number of aryl methyl sites for hydroxylation is 1. The standard InChI is InChI=1S/C16H16N2O2S/c17-13-16(15-9-5-2-6-10-15)18-21(19,20)12-11-14-7-3-1-4-8-14/h1-10,16,18H,11-12H2. The van der Waals surface area contributed by atoms with Crippen LogP contribution in [0.4, 0.5) is 0 Å². The van der Waals surface area contributed by atoms with Crippen LogP contribution in [0.15, 0.2) is 60.7 Å². The largest absolute Gasteiger partial charge is 0.213 e. The number of nitriles is 1. The van der Waals surface area contributed by atoms with Gasteiger partial charge in [-0.25, -0.2) is 8.42 Å². The summed E-state index contributed by atoms with van der Waals surface area (Å²) in [6.45, 7) is 0. The Kier molecular flexibility index (Phi) is 5.09. The van der Waals surface area contributed by atoms with Crippen molar-refractivity contribution in [3.8, 4) is 6.07 Å². The number of hydrogen-bond donors (Lipinski definition) is 1. The maximum absolute atomic E-state index is 12.1. The second-order valence-electron chi connectivity index (χ2n) is 4.65. The Morgan fingerprint density at radius 2 is 1.57 bits per heavy atom. The van der Waals surface area contributed by atoms with Gasteiger partial charge in [-0.15, -0.1) is 0 Å². The molecule has 0 aliphatic carbocycles. The van der Waals surface area contributed by atoms with E-state index in [1.165, 1.54) is 0 Å². The smallest absolute Gasteiger partial charge is 0.212 e. The molecule has 2 rings (SSSR count). The van der Waals surface area contributed by atoms with Gasteiger partial charge in [0.2, 0.25) is 10.0 Å². The summed E-state index contributed by atoms with van der Waals surface area (Å²) in [5.74, 6) is -0.0397. The number of nitrogens with zero attached hydrogens (tertiary/aromatic N) is 1. The van der Waals surface area contributed by atoms with Gasteiger partial charge >= 0.3 is 0 Å². The van der Waals surface area contributed by atoms with Crippen LogP contribution in [-0.2, 0) is 16.4 Å². The van der Waals surface area contributed by atoms with Crippen molar-refractivity contribution in [2.45, 2.75) is 12.5 Å². The van der Waals surface area contributed by atoms with E-state index in [2.05, 4.69) is 4.72 Å². The molecule has 0 aliphatic rings. The molecular weight excluding hydrogens is 284 g/mol. The molecule has 0 saturated heterocycles. The van der Waals surface area contributed by atoms with E-state index in [1.54, 1.807) is 24.3 Å². The molecule has 4 nitrogen and oxygen atoms in total. The summed E-state index contributed by atoms with van der Waals surface area (Å²) >= 11 is 0. The molecule has 0 amide bonds. The highest BCUT2D eigenvalue weighted by Crippen LogP contribution is 2.13. The third-order valence-electron chi connectivity index (χ3n) is 3.06. The molecule has 108 valence electrons. The minimum atomic E-state index is -3.51. The van der Waals surface area contributed by atoms with E-state index in [4.69, 9.17) is 5.26 Å². The van der Waals surface area contributed by atoms with Crippen molar-refractivity contribution in [1.82, 2.24) is 4.72 Å². The molecule has 0 fully saturated rings. The molecule has 1 N–H and O–H groups in total. The number of sulfonamides is 1. The molecule has 2 aromatic carbocycles. The van der Waals surface area contributed by atoms with Crippen molar-refractivity contribution < 1.29 is 8.42 Å². The highest BCUT2D eigenvalue weighted by molar-refractivity contribution is 7.89. The Morgan fingerprint density at radius 1 is 1.00 bits per heavy atom. The number of rotatable bonds is 6. The molecule has 0 aliphatic heterocycles. The fourth-order valence-corrected chi connectivity index (χ4v) is 3.12. The fraction of sp³-hybridized carbons (Fsp3) is 0.188. The topological polar surface area (TPSA) is 70.0 Å². The molecule has 0 bridgehead atoms. The van der Waals surface area contributed by atoms with Gasteiger partial charge in [-0.05, 0) is 17.5 Å². The first kappa shape index (κ1) is 15.2. The van der Waals surface area contributed by atoms with E-state index in [1.807, 2.05) is 42.5 Å². The highest BCUT2D eigenvalue weighted by atomic mass is 32.2. The predicted molar refractivity (Wildman–Crippen MR) is 81.9 cm³/mol. The molecule has 0 saturated carbocycles. The number of benzene rings is 2. The zero-order valence-corrected chi connectivity index (χ0v) is 12.3. The zero-order valence-electron chi connectivity index (χ0n) is 11.4. The van der Waals surface area contributed by atoms with Crippen molar-refractivity contribution in [3.05, 3.63) is 71.8 Å². The Balaban J connectivity index is 2.01. The second kappa shape index (κ2) is 7.02. The molecule has 1 atom stereocenters. The third-order valence-corrected chi connectivity index (χ3v) is 4.40. The van der Waals surface area contributed by atoms with Crippen molar-refractivity contribution in [1.29, 1.82) is 5.26 Å². The lowest BCUT2D eigenvalue weighted by atomic mass is 10.1. The molecule has 2 aromatic rings. The van der Waals surface area contributed by atoms with Gasteiger partial charge < -0.3 is 0 Å². The van der Waals surface area contributed by atoms with Crippen LogP contribution < -0.4 is 4.72 Å². The predicted octanol–water partition coefficient (Wildman–Crippen LogP) is 2.41. The summed E-state index contributed by atoms with van der Waals surface area (Å²) in [6.07, 6.45) is 0.420. The van der Waals surface area contributed by atoms with Gasteiger partial charge in [-0.1, -0.05) is 60.7 Å². The summed E-state index contributed by atoms with van der Waals surface area (Å²) in [6, 6.07) is 19.4. The van der Waals surface area contributed by atoms with Crippen molar-refractivity contribution in [2.75, 3.05) is 5.75 Å². The van der Waals surface area contributed by atoms with Crippen molar-refractivity contribution in [3.63, 3.8) is 0 Å². The minimum absolute atomic E-state index is 0.0397. The van der Waals surface area contributed by atoms with Crippen molar-refractivity contribution in [2.24, 2.45) is 0 Å². The van der Waals surface area contributed by atoms with Gasteiger partial charge in [0.15, 0.2) is 0 Å². The van der Waals surface area contributed by atoms with Crippen LogP contribution in [0.5, 0.6) is 0 Å². The van der Waals surface area contributed by atoms with Crippen LogP contribution in [0.2, 0.25) is 0 Å². The number of hydrogen-bond acceptors (Lipinski definition) is 3. The second-order valence-corrected chi connectivity index (χ2v) is 6.52. The van der Waals surface area contributed by atoms with E-state index in [9.17, 15) is 8.42 Å². The monoisotopic (exact) mass is 300 g/mol. The zero-order chi connectivity index (χ0) is 15.1. The Bertz CT molecular complexity index is 707. The lowest BCUT2D eigenvalue weighted by molar-refractivity contribution is 0.574. The van der Waals surface area contributed by atoms with Gasteiger partial charge in [-0.3, -0.25) is 0 Å². The molecular formula is C16H16N2O2S. The molecule has 21 heavy (non-hydrogen) atoms. The van der Waals surface area contributed by atoms with Crippen LogP contribution in [0, 0.1) is 11.3 Å². The van der Waals surface area contributed by atoms with Gasteiger partial charge in [0.05, 0.1) is 11.8 Å². The van der Waals surface area contributed by atoms with E-state index in [0.717, 1.165) is 5.56 Å². The van der Waals surface area contributed by atoms with Gasteiger partial charge in [0, 0.05) is 0 Å². The molecule has 0 spiro atoms. The average Bonchev–Trinajstić information content (AvgIpc) is 2.53. The number of nitrogens with one attached hydrogen (secondary N) is 1. The quantitative estimate of drug-likeness (QED) is 0.890. The van der Waals surface area contributed by atoms with E-state index in [0.29, 0.717) is 12.0 Å². The first-order valence-electron chi connectivity index (χ1n) is 6.59. The summed E-state index contributed by atoms with van der Waals surface area (Å²) < 4.78 is 26.6. The first-order valence-corrected chi connectivity index (χ1v) is 8.24. The van der Waals surface area contributed by atoms with Crippen LogP contribution in [0.3, 0.4) is 0 Å². The normalized spacial score (nSPS) is 12.5. The van der Waals surface area contributed by atoms with Crippen LogP contribution in [0.1, 0.15) is 17.2 Å². The molecule has 0 aromatic heterocycles. The van der Waals surface area contributed by atoms with Gasteiger partial charge in [-0.2, -0.15) is 9.98 Å². The van der Waals surface area contributed by atoms with E-state index < -0.39 is 16.1 Å².